The lowest BCUT2D eigenvalue weighted by atomic mass is 10.2. The van der Waals surface area contributed by atoms with Crippen molar-refractivity contribution in [1.82, 2.24) is 19.4 Å². The number of carbonyl (C=O) groups excluding carboxylic acids is 1. The van der Waals surface area contributed by atoms with E-state index in [0.717, 1.165) is 0 Å². The molecule has 1 fully saturated rings. The zero-order chi connectivity index (χ0) is 18.4. The monoisotopic (exact) mass is 378 g/mol. The highest BCUT2D eigenvalue weighted by Gasteiger charge is 2.26. The Bertz CT molecular complexity index is 828. The van der Waals surface area contributed by atoms with Gasteiger partial charge >= 0.3 is 0 Å². The SMILES string of the molecule is O=C(NCCn1cccn1)c1cccc(S(=O)(=O)N2CCCOCC2)c1. The van der Waals surface area contributed by atoms with Crippen LogP contribution in [0.5, 0.6) is 0 Å². The van der Waals surface area contributed by atoms with E-state index in [2.05, 4.69) is 10.4 Å². The average Bonchev–Trinajstić information content (AvgIpc) is 3.00. The number of ether oxygens (including phenoxy) is 1. The molecule has 1 saturated heterocycles. The second-order valence-electron chi connectivity index (χ2n) is 5.92. The maximum Gasteiger partial charge on any atom is 0.251 e. The first kappa shape index (κ1) is 18.6. The summed E-state index contributed by atoms with van der Waals surface area (Å²) in [6.45, 7) is 2.63. The third-order valence-electron chi connectivity index (χ3n) is 4.10. The molecule has 1 aliphatic rings. The fourth-order valence-electron chi connectivity index (χ4n) is 2.73. The summed E-state index contributed by atoms with van der Waals surface area (Å²) in [5.41, 5.74) is 0.317. The Morgan fingerprint density at radius 2 is 2.12 bits per heavy atom. The van der Waals surface area contributed by atoms with E-state index in [9.17, 15) is 13.2 Å². The molecule has 1 aromatic heterocycles. The molecule has 0 atom stereocenters. The van der Waals surface area contributed by atoms with Crippen molar-refractivity contribution in [2.24, 2.45) is 0 Å². The first-order valence-electron chi connectivity index (χ1n) is 8.51. The molecule has 9 heteroatoms. The van der Waals surface area contributed by atoms with E-state index in [1.807, 2.05) is 12.3 Å². The van der Waals surface area contributed by atoms with Crippen molar-refractivity contribution in [1.29, 1.82) is 0 Å². The number of rotatable bonds is 6. The molecule has 0 unspecified atom stereocenters. The first-order chi connectivity index (χ1) is 12.6. The molecule has 0 aliphatic carbocycles. The molecular weight excluding hydrogens is 356 g/mol. The van der Waals surface area contributed by atoms with Gasteiger partial charge in [0, 0.05) is 44.2 Å². The number of nitrogens with zero attached hydrogens (tertiary/aromatic N) is 3. The van der Waals surface area contributed by atoms with E-state index in [4.69, 9.17) is 4.74 Å². The van der Waals surface area contributed by atoms with Crippen LogP contribution in [0.1, 0.15) is 16.8 Å². The van der Waals surface area contributed by atoms with Gasteiger partial charge in [-0.1, -0.05) is 6.07 Å². The summed E-state index contributed by atoms with van der Waals surface area (Å²) in [6.07, 6.45) is 4.14. The number of sulfonamides is 1. The smallest absolute Gasteiger partial charge is 0.251 e. The molecule has 0 radical (unpaired) electrons. The number of hydrogen-bond donors (Lipinski definition) is 1. The van der Waals surface area contributed by atoms with Gasteiger partial charge in [0.25, 0.3) is 5.91 Å². The number of amides is 1. The topological polar surface area (TPSA) is 93.5 Å². The molecule has 1 N–H and O–H groups in total. The minimum absolute atomic E-state index is 0.124. The normalized spacial score (nSPS) is 16.2. The molecule has 140 valence electrons. The van der Waals surface area contributed by atoms with Gasteiger partial charge in [0.15, 0.2) is 0 Å². The molecule has 0 spiro atoms. The molecular formula is C17H22N4O4S. The maximum absolute atomic E-state index is 12.8. The lowest BCUT2D eigenvalue weighted by molar-refractivity contribution is 0.0951. The van der Waals surface area contributed by atoms with Crippen LogP contribution in [0.15, 0.2) is 47.6 Å². The van der Waals surface area contributed by atoms with Gasteiger partial charge in [-0.25, -0.2) is 8.42 Å². The van der Waals surface area contributed by atoms with E-state index in [-0.39, 0.29) is 10.8 Å². The molecule has 8 nitrogen and oxygen atoms in total. The second kappa shape index (κ2) is 8.43. The highest BCUT2D eigenvalue weighted by atomic mass is 32.2. The largest absolute Gasteiger partial charge is 0.380 e. The van der Waals surface area contributed by atoms with E-state index < -0.39 is 10.0 Å². The van der Waals surface area contributed by atoms with Gasteiger partial charge in [0.05, 0.1) is 18.0 Å². The van der Waals surface area contributed by atoms with Crippen LogP contribution in [-0.4, -0.2) is 61.3 Å². The van der Waals surface area contributed by atoms with Crippen LogP contribution < -0.4 is 5.32 Å². The van der Waals surface area contributed by atoms with Gasteiger partial charge < -0.3 is 10.1 Å². The number of hydrogen-bond acceptors (Lipinski definition) is 5. The van der Waals surface area contributed by atoms with E-state index in [0.29, 0.717) is 51.4 Å². The summed E-state index contributed by atoms with van der Waals surface area (Å²) < 4.78 is 34.1. The van der Waals surface area contributed by atoms with Crippen molar-refractivity contribution in [2.45, 2.75) is 17.9 Å². The molecule has 26 heavy (non-hydrogen) atoms. The van der Waals surface area contributed by atoms with E-state index in [1.165, 1.54) is 16.4 Å². The average molecular weight is 378 g/mol. The molecule has 2 aromatic rings. The molecule has 0 saturated carbocycles. The van der Waals surface area contributed by atoms with Crippen molar-refractivity contribution < 1.29 is 17.9 Å². The van der Waals surface area contributed by atoms with E-state index >= 15 is 0 Å². The second-order valence-corrected chi connectivity index (χ2v) is 7.86. The summed E-state index contributed by atoms with van der Waals surface area (Å²) in [7, 11) is -3.64. The Balaban J connectivity index is 1.67. The number of nitrogens with one attached hydrogen (secondary N) is 1. The Labute approximate surface area is 152 Å². The number of benzene rings is 1. The van der Waals surface area contributed by atoms with Crippen LogP contribution in [0.4, 0.5) is 0 Å². The van der Waals surface area contributed by atoms with Crippen LogP contribution in [0.25, 0.3) is 0 Å². The van der Waals surface area contributed by atoms with Crippen molar-refractivity contribution >= 4 is 15.9 Å². The van der Waals surface area contributed by atoms with Gasteiger partial charge in [0.1, 0.15) is 0 Å². The van der Waals surface area contributed by atoms with Crippen molar-refractivity contribution in [3.05, 3.63) is 48.3 Å². The summed E-state index contributed by atoms with van der Waals surface area (Å²) in [5.74, 6) is -0.312. The Morgan fingerprint density at radius 1 is 1.23 bits per heavy atom. The van der Waals surface area contributed by atoms with Crippen LogP contribution in [0, 0.1) is 0 Å². The van der Waals surface area contributed by atoms with Crippen LogP contribution >= 0.6 is 0 Å². The predicted molar refractivity (Wildman–Crippen MR) is 95.2 cm³/mol. The van der Waals surface area contributed by atoms with Gasteiger partial charge in [0.2, 0.25) is 10.0 Å². The molecule has 2 heterocycles. The van der Waals surface area contributed by atoms with Gasteiger partial charge in [-0.05, 0) is 30.7 Å². The van der Waals surface area contributed by atoms with E-state index in [1.54, 1.807) is 23.0 Å². The Hall–Kier alpha value is -2.23. The summed E-state index contributed by atoms with van der Waals surface area (Å²) in [5, 5.41) is 6.84. The molecule has 3 rings (SSSR count). The number of carbonyl (C=O) groups is 1. The summed E-state index contributed by atoms with van der Waals surface area (Å²) in [4.78, 5) is 12.4. The molecule has 1 aromatic carbocycles. The van der Waals surface area contributed by atoms with Crippen molar-refractivity contribution in [3.63, 3.8) is 0 Å². The third-order valence-corrected chi connectivity index (χ3v) is 6.00. The zero-order valence-electron chi connectivity index (χ0n) is 14.4. The fourth-order valence-corrected chi connectivity index (χ4v) is 4.24. The highest BCUT2D eigenvalue weighted by Crippen LogP contribution is 2.18. The lowest BCUT2D eigenvalue weighted by Gasteiger charge is -2.19. The maximum atomic E-state index is 12.8. The third kappa shape index (κ3) is 4.48. The molecule has 1 amide bonds. The van der Waals surface area contributed by atoms with Crippen molar-refractivity contribution in [3.8, 4) is 0 Å². The Kier molecular flexibility index (Phi) is 6.02. The quantitative estimate of drug-likeness (QED) is 0.800. The predicted octanol–water partition coefficient (Wildman–Crippen LogP) is 0.724. The zero-order valence-corrected chi connectivity index (χ0v) is 15.2. The minimum Gasteiger partial charge on any atom is -0.380 e. The summed E-state index contributed by atoms with van der Waals surface area (Å²) in [6, 6.07) is 7.94. The van der Waals surface area contributed by atoms with Crippen molar-refractivity contribution in [2.75, 3.05) is 32.8 Å². The number of aromatic nitrogens is 2. The first-order valence-corrected chi connectivity index (χ1v) is 9.95. The molecule has 1 aliphatic heterocycles. The Morgan fingerprint density at radius 3 is 2.92 bits per heavy atom. The standard InChI is InChI=1S/C17H22N4O4S/c22-17(18-7-10-20-8-2-6-19-20)15-4-1-5-16(14-15)26(23,24)21-9-3-12-25-13-11-21/h1-2,4-6,8,14H,3,7,9-13H2,(H,18,22). The fraction of sp³-hybridized carbons (Fsp3) is 0.412. The van der Waals surface area contributed by atoms with Crippen LogP contribution in [-0.2, 0) is 21.3 Å². The van der Waals surface area contributed by atoms with Crippen LogP contribution in [0.3, 0.4) is 0 Å². The highest BCUT2D eigenvalue weighted by molar-refractivity contribution is 7.89. The van der Waals surface area contributed by atoms with Gasteiger partial charge in [-0.15, -0.1) is 0 Å². The molecule has 0 bridgehead atoms. The lowest BCUT2D eigenvalue weighted by Crippen LogP contribution is -2.33. The van der Waals surface area contributed by atoms with Gasteiger partial charge in [-0.2, -0.15) is 9.40 Å². The minimum atomic E-state index is -3.64. The van der Waals surface area contributed by atoms with Crippen LogP contribution in [0.2, 0.25) is 0 Å². The van der Waals surface area contributed by atoms with Gasteiger partial charge in [-0.3, -0.25) is 9.48 Å². The summed E-state index contributed by atoms with van der Waals surface area (Å²) >= 11 is 0.